The van der Waals surface area contributed by atoms with Gasteiger partial charge >= 0.3 is 6.18 Å². The van der Waals surface area contributed by atoms with E-state index in [0.29, 0.717) is 18.1 Å². The molecule has 2 N–H and O–H groups in total. The summed E-state index contributed by atoms with van der Waals surface area (Å²) in [6, 6.07) is 8.11. The largest absolute Gasteiger partial charge is 0.416 e. The number of thiophene rings is 1. The minimum absolute atomic E-state index is 0. The first-order valence-electron chi connectivity index (χ1n) is 9.97. The van der Waals surface area contributed by atoms with Crippen molar-refractivity contribution >= 4 is 47.0 Å². The summed E-state index contributed by atoms with van der Waals surface area (Å²) in [5.74, 6) is 0.577. The molecule has 0 amide bonds. The van der Waals surface area contributed by atoms with Crippen LogP contribution in [0.1, 0.15) is 16.0 Å². The minimum atomic E-state index is -4.37. The molecule has 0 aliphatic carbocycles. The van der Waals surface area contributed by atoms with E-state index >= 15 is 0 Å². The summed E-state index contributed by atoms with van der Waals surface area (Å²) in [4.78, 5) is 9.85. The van der Waals surface area contributed by atoms with Crippen LogP contribution in [0.2, 0.25) is 0 Å². The summed E-state index contributed by atoms with van der Waals surface area (Å²) < 4.78 is 39.9. The Hall–Kier alpha value is -1.53. The van der Waals surface area contributed by atoms with Crippen LogP contribution in [-0.4, -0.2) is 57.7 Å². The Labute approximate surface area is 202 Å². The summed E-state index contributed by atoms with van der Waals surface area (Å²) >= 11 is 1.70. The van der Waals surface area contributed by atoms with Gasteiger partial charge in [0.2, 0.25) is 0 Å². The van der Waals surface area contributed by atoms with E-state index in [1.54, 1.807) is 24.5 Å². The zero-order valence-corrected chi connectivity index (χ0v) is 20.9. The van der Waals surface area contributed by atoms with Crippen molar-refractivity contribution in [2.75, 3.05) is 51.7 Å². The van der Waals surface area contributed by atoms with Crippen molar-refractivity contribution < 1.29 is 13.2 Å². The Morgan fingerprint density at radius 3 is 2.48 bits per heavy atom. The number of nitrogens with zero attached hydrogens (tertiary/aromatic N) is 3. The molecule has 2 aromatic rings. The Bertz CT molecular complexity index is 834. The van der Waals surface area contributed by atoms with Crippen LogP contribution in [0, 0.1) is 0 Å². The second-order valence-corrected chi connectivity index (χ2v) is 8.35. The third kappa shape index (κ3) is 7.53. The number of likely N-dealkylation sites (N-methyl/N-ethyl adjacent to an activating group) is 1. The Morgan fingerprint density at radius 1 is 1.13 bits per heavy atom. The molecule has 172 valence electrons. The van der Waals surface area contributed by atoms with Gasteiger partial charge in [-0.15, -0.1) is 35.3 Å². The molecule has 2 heterocycles. The van der Waals surface area contributed by atoms with Crippen molar-refractivity contribution in [3.8, 4) is 0 Å². The number of benzene rings is 1. The number of guanidine groups is 1. The van der Waals surface area contributed by atoms with Crippen LogP contribution in [0.25, 0.3) is 0 Å². The highest BCUT2D eigenvalue weighted by atomic mass is 127. The maximum absolute atomic E-state index is 13.3. The first kappa shape index (κ1) is 25.7. The molecular weight excluding hydrogens is 538 g/mol. The molecule has 3 rings (SSSR count). The number of halogens is 4. The summed E-state index contributed by atoms with van der Waals surface area (Å²) in [5, 5.41) is 8.44. The number of hydrogen-bond donors (Lipinski definition) is 2. The zero-order valence-electron chi connectivity index (χ0n) is 17.7. The molecule has 0 bridgehead atoms. The van der Waals surface area contributed by atoms with Gasteiger partial charge in [-0.1, -0.05) is 6.07 Å². The van der Waals surface area contributed by atoms with E-state index in [-0.39, 0.29) is 30.5 Å². The number of rotatable bonds is 6. The van der Waals surface area contributed by atoms with Crippen molar-refractivity contribution in [2.24, 2.45) is 4.99 Å². The molecule has 1 saturated heterocycles. The molecule has 1 aromatic carbocycles. The van der Waals surface area contributed by atoms with Gasteiger partial charge in [0.25, 0.3) is 0 Å². The number of aliphatic imine (C=N–C) groups is 1. The van der Waals surface area contributed by atoms with Crippen LogP contribution in [0.5, 0.6) is 0 Å². The van der Waals surface area contributed by atoms with Gasteiger partial charge in [0.15, 0.2) is 5.96 Å². The van der Waals surface area contributed by atoms with Gasteiger partial charge in [0.1, 0.15) is 0 Å². The lowest BCUT2D eigenvalue weighted by molar-refractivity contribution is -0.137. The average molecular weight is 567 g/mol. The molecule has 10 heteroatoms. The SMILES string of the molecule is CN=C(NCCc1cccs1)NCc1cc(C(F)(F)F)ccc1N1CCN(C)CC1.I. The van der Waals surface area contributed by atoms with Crippen LogP contribution in [0.15, 0.2) is 40.7 Å². The topological polar surface area (TPSA) is 42.9 Å². The molecule has 0 atom stereocenters. The van der Waals surface area contributed by atoms with E-state index in [2.05, 4.69) is 38.5 Å². The fourth-order valence-corrected chi connectivity index (χ4v) is 4.13. The summed E-state index contributed by atoms with van der Waals surface area (Å²) in [7, 11) is 3.71. The normalized spacial score (nSPS) is 15.5. The van der Waals surface area contributed by atoms with Crippen molar-refractivity contribution in [1.29, 1.82) is 0 Å². The third-order valence-electron chi connectivity index (χ3n) is 5.16. The first-order valence-corrected chi connectivity index (χ1v) is 10.9. The Kier molecular flexibility index (Phi) is 9.89. The molecule has 1 aromatic heterocycles. The van der Waals surface area contributed by atoms with E-state index in [0.717, 1.165) is 38.3 Å². The highest BCUT2D eigenvalue weighted by Crippen LogP contribution is 2.33. The number of anilines is 1. The van der Waals surface area contributed by atoms with Crippen molar-refractivity contribution in [3.63, 3.8) is 0 Å². The number of nitrogens with one attached hydrogen (secondary N) is 2. The van der Waals surface area contributed by atoms with Gasteiger partial charge in [-0.2, -0.15) is 13.2 Å². The number of piperazine rings is 1. The van der Waals surface area contributed by atoms with E-state index in [1.807, 2.05) is 11.4 Å². The third-order valence-corrected chi connectivity index (χ3v) is 6.10. The van der Waals surface area contributed by atoms with E-state index in [9.17, 15) is 13.2 Å². The molecule has 5 nitrogen and oxygen atoms in total. The van der Waals surface area contributed by atoms with E-state index < -0.39 is 11.7 Å². The summed E-state index contributed by atoms with van der Waals surface area (Å²) in [6.45, 7) is 4.34. The van der Waals surface area contributed by atoms with Crippen molar-refractivity contribution in [2.45, 2.75) is 19.1 Å². The lowest BCUT2D eigenvalue weighted by Crippen LogP contribution is -2.45. The molecule has 0 spiro atoms. The van der Waals surface area contributed by atoms with Crippen LogP contribution in [0.4, 0.5) is 18.9 Å². The molecule has 0 radical (unpaired) electrons. The molecule has 1 aliphatic rings. The molecular formula is C21H29F3IN5S. The van der Waals surface area contributed by atoms with E-state index in [4.69, 9.17) is 0 Å². The zero-order chi connectivity index (χ0) is 21.6. The monoisotopic (exact) mass is 567 g/mol. The van der Waals surface area contributed by atoms with Crippen LogP contribution in [0.3, 0.4) is 0 Å². The lowest BCUT2D eigenvalue weighted by atomic mass is 10.1. The van der Waals surface area contributed by atoms with Gasteiger partial charge < -0.3 is 20.4 Å². The highest BCUT2D eigenvalue weighted by molar-refractivity contribution is 14.0. The highest BCUT2D eigenvalue weighted by Gasteiger charge is 2.31. The standard InChI is InChI=1S/C21H28F3N5S.HI/c1-25-20(26-8-7-18-4-3-13-30-18)27-15-16-14-17(21(22,23)24)5-6-19(16)29-11-9-28(2)10-12-29;/h3-6,13-14H,7-12,15H2,1-2H3,(H2,25,26,27);1H. The van der Waals surface area contributed by atoms with Crippen LogP contribution in [-0.2, 0) is 19.1 Å². The summed E-state index contributed by atoms with van der Waals surface area (Å²) in [6.07, 6.45) is -3.50. The number of hydrogen-bond acceptors (Lipinski definition) is 4. The fraction of sp³-hybridized carbons (Fsp3) is 0.476. The van der Waals surface area contributed by atoms with Crippen LogP contribution < -0.4 is 15.5 Å². The predicted octanol–water partition coefficient (Wildman–Crippen LogP) is 4.04. The van der Waals surface area contributed by atoms with Gasteiger partial charge in [0.05, 0.1) is 5.56 Å². The Morgan fingerprint density at radius 2 is 1.87 bits per heavy atom. The molecule has 1 aliphatic heterocycles. The molecule has 0 saturated carbocycles. The Balaban J connectivity index is 0.00000341. The van der Waals surface area contributed by atoms with Crippen LogP contribution >= 0.6 is 35.3 Å². The molecule has 0 unspecified atom stereocenters. The minimum Gasteiger partial charge on any atom is -0.369 e. The van der Waals surface area contributed by atoms with Gasteiger partial charge in [-0.05, 0) is 48.7 Å². The quantitative estimate of drug-likeness (QED) is 0.314. The summed E-state index contributed by atoms with van der Waals surface area (Å²) in [5.41, 5.74) is 0.839. The van der Waals surface area contributed by atoms with Crippen molar-refractivity contribution in [1.82, 2.24) is 15.5 Å². The van der Waals surface area contributed by atoms with Gasteiger partial charge in [-0.25, -0.2) is 0 Å². The second kappa shape index (κ2) is 11.9. The predicted molar refractivity (Wildman–Crippen MR) is 133 cm³/mol. The van der Waals surface area contributed by atoms with Gasteiger partial charge in [-0.3, -0.25) is 4.99 Å². The number of alkyl halides is 3. The maximum atomic E-state index is 13.3. The fourth-order valence-electron chi connectivity index (χ4n) is 3.42. The second-order valence-electron chi connectivity index (χ2n) is 7.31. The average Bonchev–Trinajstić information content (AvgIpc) is 3.24. The van der Waals surface area contributed by atoms with Gasteiger partial charge in [0, 0.05) is 56.9 Å². The van der Waals surface area contributed by atoms with E-state index in [1.165, 1.54) is 17.0 Å². The first-order chi connectivity index (χ1) is 14.4. The molecule has 31 heavy (non-hydrogen) atoms. The smallest absolute Gasteiger partial charge is 0.369 e. The lowest BCUT2D eigenvalue weighted by Gasteiger charge is -2.35. The maximum Gasteiger partial charge on any atom is 0.416 e. The van der Waals surface area contributed by atoms with Crippen molar-refractivity contribution in [3.05, 3.63) is 51.7 Å². The molecule has 1 fully saturated rings.